The van der Waals surface area contributed by atoms with Gasteiger partial charge in [0.25, 0.3) is 5.91 Å². The third kappa shape index (κ3) is 3.25. The topological polar surface area (TPSA) is 101 Å². The molecule has 6 rings (SSSR count). The maximum Gasteiger partial charge on any atom is 0.413 e. The van der Waals surface area contributed by atoms with Gasteiger partial charge in [-0.3, -0.25) is 10.1 Å². The molecule has 10 heteroatoms. The van der Waals surface area contributed by atoms with Crippen LogP contribution in [0.4, 0.5) is 26.5 Å². The number of carbonyl (C=O) groups excluding carboxylic acids is 2. The largest absolute Gasteiger partial charge is 0.437 e. The molecule has 1 spiro atoms. The molecule has 5 heterocycles. The van der Waals surface area contributed by atoms with Gasteiger partial charge in [-0.1, -0.05) is 6.07 Å². The van der Waals surface area contributed by atoms with Gasteiger partial charge < -0.3 is 14.5 Å². The van der Waals surface area contributed by atoms with Gasteiger partial charge in [0.05, 0.1) is 5.69 Å². The normalized spacial score (nSPS) is 18.2. The minimum absolute atomic E-state index is 0.255. The SMILES string of the molecule is O=C1Nc2ncccc2C2(CCN(c3cc(C(=O)N4CCc5c(F)cccc54)ncn3)CC2)O1. The van der Waals surface area contributed by atoms with Gasteiger partial charge in [-0.15, -0.1) is 0 Å². The van der Waals surface area contributed by atoms with Crippen LogP contribution in [0.2, 0.25) is 0 Å². The number of anilines is 3. The smallest absolute Gasteiger partial charge is 0.413 e. The number of amides is 2. The van der Waals surface area contributed by atoms with Crippen LogP contribution >= 0.6 is 0 Å². The summed E-state index contributed by atoms with van der Waals surface area (Å²) in [6.07, 6.45) is 4.11. The number of nitrogens with one attached hydrogen (secondary N) is 1. The van der Waals surface area contributed by atoms with Crippen LogP contribution in [0.25, 0.3) is 0 Å². The van der Waals surface area contributed by atoms with Crippen molar-refractivity contribution in [1.29, 1.82) is 0 Å². The van der Waals surface area contributed by atoms with E-state index in [-0.39, 0.29) is 17.4 Å². The number of hydrogen-bond acceptors (Lipinski definition) is 7. The molecule has 9 nitrogen and oxygen atoms in total. The summed E-state index contributed by atoms with van der Waals surface area (Å²) in [5.74, 6) is 0.575. The predicted octanol–water partition coefficient (Wildman–Crippen LogP) is 3.27. The molecular formula is C24H21FN6O3. The molecule has 34 heavy (non-hydrogen) atoms. The van der Waals surface area contributed by atoms with Crippen molar-refractivity contribution in [1.82, 2.24) is 15.0 Å². The molecule has 1 aromatic carbocycles. The van der Waals surface area contributed by atoms with Gasteiger partial charge in [-0.2, -0.15) is 0 Å². The molecule has 0 unspecified atom stereocenters. The lowest BCUT2D eigenvalue weighted by Crippen LogP contribution is -2.48. The maximum absolute atomic E-state index is 14.1. The first-order valence-electron chi connectivity index (χ1n) is 11.2. The van der Waals surface area contributed by atoms with Crippen molar-refractivity contribution in [3.8, 4) is 0 Å². The summed E-state index contributed by atoms with van der Waals surface area (Å²) < 4.78 is 19.9. The van der Waals surface area contributed by atoms with Gasteiger partial charge in [0, 0.05) is 55.9 Å². The van der Waals surface area contributed by atoms with Gasteiger partial charge in [-0.25, -0.2) is 24.1 Å². The Hall–Kier alpha value is -4.08. The number of piperidine rings is 1. The van der Waals surface area contributed by atoms with Crippen molar-refractivity contribution in [2.45, 2.75) is 24.9 Å². The fourth-order valence-electron chi connectivity index (χ4n) is 5.07. The highest BCUT2D eigenvalue weighted by Crippen LogP contribution is 2.43. The summed E-state index contributed by atoms with van der Waals surface area (Å²) >= 11 is 0. The highest BCUT2D eigenvalue weighted by atomic mass is 19.1. The van der Waals surface area contributed by atoms with Crippen molar-refractivity contribution in [3.05, 3.63) is 71.6 Å². The molecule has 3 aliphatic rings. The van der Waals surface area contributed by atoms with Gasteiger partial charge in [0.2, 0.25) is 0 Å². The van der Waals surface area contributed by atoms with E-state index < -0.39 is 11.7 Å². The average molecular weight is 460 g/mol. The van der Waals surface area contributed by atoms with Crippen LogP contribution in [0.15, 0.2) is 48.9 Å². The fraction of sp³-hybridized carbons (Fsp3) is 0.292. The Bertz CT molecular complexity index is 1310. The van der Waals surface area contributed by atoms with Crippen LogP contribution in [-0.4, -0.2) is 46.6 Å². The van der Waals surface area contributed by atoms with Crippen LogP contribution in [0.3, 0.4) is 0 Å². The van der Waals surface area contributed by atoms with Crippen LogP contribution in [0.1, 0.15) is 34.5 Å². The lowest BCUT2D eigenvalue weighted by atomic mass is 9.83. The van der Waals surface area contributed by atoms with Crippen LogP contribution in [0, 0.1) is 5.82 Å². The Labute approximate surface area is 194 Å². The minimum Gasteiger partial charge on any atom is -0.437 e. The van der Waals surface area contributed by atoms with E-state index in [4.69, 9.17) is 4.74 Å². The first-order valence-corrected chi connectivity index (χ1v) is 11.2. The lowest BCUT2D eigenvalue weighted by molar-refractivity contribution is -0.00854. The molecule has 3 aliphatic heterocycles. The Kier molecular flexibility index (Phi) is 4.68. The summed E-state index contributed by atoms with van der Waals surface area (Å²) in [4.78, 5) is 41.8. The number of carbonyl (C=O) groups is 2. The molecule has 3 aromatic rings. The highest BCUT2D eigenvalue weighted by Gasteiger charge is 2.45. The first-order chi connectivity index (χ1) is 16.5. The number of aromatic nitrogens is 3. The maximum atomic E-state index is 14.1. The fourth-order valence-corrected chi connectivity index (χ4v) is 5.07. The van der Waals surface area contributed by atoms with E-state index in [1.165, 1.54) is 12.4 Å². The molecule has 0 atom stereocenters. The van der Waals surface area contributed by atoms with E-state index in [1.807, 2.05) is 17.0 Å². The third-order valence-electron chi connectivity index (χ3n) is 6.79. The zero-order valence-electron chi connectivity index (χ0n) is 18.2. The zero-order chi connectivity index (χ0) is 23.3. The monoisotopic (exact) mass is 460 g/mol. The molecule has 0 bridgehead atoms. The third-order valence-corrected chi connectivity index (χ3v) is 6.79. The standard InChI is InChI=1S/C24H21FN6O3/c25-17-4-1-5-19-15(17)6-10-31(19)22(32)18-13-20(28-14-27-18)30-11-7-24(8-12-30)16-3-2-9-26-21(16)29-23(33)34-24/h1-5,9,13-14H,6-8,10-12H2,(H,26,29,33). The van der Waals surface area contributed by atoms with Crippen molar-refractivity contribution in [3.63, 3.8) is 0 Å². The van der Waals surface area contributed by atoms with Gasteiger partial charge in [-0.05, 0) is 30.7 Å². The van der Waals surface area contributed by atoms with Crippen molar-refractivity contribution in [2.75, 3.05) is 34.8 Å². The van der Waals surface area contributed by atoms with E-state index in [2.05, 4.69) is 20.3 Å². The number of fused-ring (bicyclic) bond motifs is 3. The second-order valence-corrected chi connectivity index (χ2v) is 8.60. The molecule has 2 amide bonds. The second-order valence-electron chi connectivity index (χ2n) is 8.60. The molecule has 172 valence electrons. The van der Waals surface area contributed by atoms with Crippen molar-refractivity contribution >= 4 is 29.3 Å². The number of pyridine rings is 1. The quantitative estimate of drug-likeness (QED) is 0.626. The number of ether oxygens (including phenoxy) is 1. The summed E-state index contributed by atoms with van der Waals surface area (Å²) in [6, 6.07) is 10.2. The van der Waals surface area contributed by atoms with Crippen molar-refractivity contribution < 1.29 is 18.7 Å². The molecule has 2 aromatic heterocycles. The van der Waals surface area contributed by atoms with Gasteiger partial charge in [0.15, 0.2) is 0 Å². The molecule has 0 aliphatic carbocycles. The summed E-state index contributed by atoms with van der Waals surface area (Å²) in [7, 11) is 0. The number of benzene rings is 1. The van der Waals surface area contributed by atoms with Crippen LogP contribution < -0.4 is 15.1 Å². The van der Waals surface area contributed by atoms with Crippen LogP contribution in [-0.2, 0) is 16.8 Å². The lowest BCUT2D eigenvalue weighted by Gasteiger charge is -2.44. The van der Waals surface area contributed by atoms with E-state index >= 15 is 0 Å². The van der Waals surface area contributed by atoms with E-state index in [0.29, 0.717) is 61.8 Å². The Balaban J connectivity index is 1.22. The van der Waals surface area contributed by atoms with Gasteiger partial charge >= 0.3 is 6.09 Å². The summed E-state index contributed by atoms with van der Waals surface area (Å²) in [6.45, 7) is 1.56. The number of nitrogens with zero attached hydrogens (tertiary/aromatic N) is 5. The van der Waals surface area contributed by atoms with E-state index in [1.54, 1.807) is 29.3 Å². The average Bonchev–Trinajstić information content (AvgIpc) is 3.30. The van der Waals surface area contributed by atoms with Crippen molar-refractivity contribution in [2.24, 2.45) is 0 Å². The van der Waals surface area contributed by atoms with Gasteiger partial charge in [0.1, 0.15) is 35.1 Å². The Morgan fingerprint density at radius 2 is 1.94 bits per heavy atom. The molecule has 1 saturated heterocycles. The summed E-state index contributed by atoms with van der Waals surface area (Å²) in [5, 5.41) is 2.66. The minimum atomic E-state index is -0.739. The second kappa shape index (κ2) is 7.75. The molecule has 1 fully saturated rings. The molecule has 0 saturated carbocycles. The predicted molar refractivity (Wildman–Crippen MR) is 121 cm³/mol. The Morgan fingerprint density at radius 3 is 2.79 bits per heavy atom. The highest BCUT2D eigenvalue weighted by molar-refractivity contribution is 6.06. The molecular weight excluding hydrogens is 439 g/mol. The van der Waals surface area contributed by atoms with E-state index in [0.717, 1.165) is 5.56 Å². The molecule has 0 radical (unpaired) electrons. The number of hydrogen-bond donors (Lipinski definition) is 1. The summed E-state index contributed by atoms with van der Waals surface area (Å²) in [5.41, 5.74) is 1.53. The Morgan fingerprint density at radius 1 is 1.09 bits per heavy atom. The number of rotatable bonds is 2. The first kappa shape index (κ1) is 20.5. The van der Waals surface area contributed by atoms with E-state index in [9.17, 15) is 14.0 Å². The van der Waals surface area contributed by atoms with Crippen LogP contribution in [0.5, 0.6) is 0 Å². The zero-order valence-corrected chi connectivity index (χ0v) is 18.2. The molecule has 1 N–H and O–H groups in total. The number of halogens is 1.